The lowest BCUT2D eigenvalue weighted by atomic mass is 9.83. The van der Waals surface area contributed by atoms with Crippen LogP contribution in [0.15, 0.2) is 77.4 Å². The Hall–Kier alpha value is -3.91. The van der Waals surface area contributed by atoms with Gasteiger partial charge in [-0.15, -0.1) is 0 Å². The number of hydrogen-bond acceptors (Lipinski definition) is 6. The first-order chi connectivity index (χ1) is 17.5. The number of ketones is 1. The topological polar surface area (TPSA) is 76.1 Å². The summed E-state index contributed by atoms with van der Waals surface area (Å²) in [5, 5.41) is 0. The summed E-state index contributed by atoms with van der Waals surface area (Å²) in [6.07, 6.45) is 3.80. The minimum Gasteiger partial charge on any atom is -0.454 e. The second-order valence-corrected chi connectivity index (χ2v) is 10.2. The monoisotopic (exact) mass is 542 g/mol. The molecule has 0 aromatic heterocycles. The summed E-state index contributed by atoms with van der Waals surface area (Å²) < 4.78 is 11.7. The number of Topliss-reactive ketones (excluding diaryl/α,β-unsaturated/α-hetero) is 1. The van der Waals surface area contributed by atoms with Gasteiger partial charge < -0.3 is 14.4 Å². The van der Waals surface area contributed by atoms with Crippen LogP contribution >= 0.6 is 15.9 Å². The van der Waals surface area contributed by atoms with E-state index in [0.29, 0.717) is 22.7 Å². The third-order valence-electron chi connectivity index (χ3n) is 7.47. The van der Waals surface area contributed by atoms with Gasteiger partial charge in [-0.05, 0) is 41.5 Å². The molecule has 36 heavy (non-hydrogen) atoms. The first-order valence-electron chi connectivity index (χ1n) is 11.6. The fourth-order valence-electron chi connectivity index (χ4n) is 5.92. The molecule has 2 amide bonds. The molecule has 0 bridgehead atoms. The molecular formula is C28H19BrN2O5. The summed E-state index contributed by atoms with van der Waals surface area (Å²) in [5.74, 6) is -1.33. The van der Waals surface area contributed by atoms with Crippen molar-refractivity contribution >= 4 is 45.3 Å². The first-order valence-corrected chi connectivity index (χ1v) is 12.4. The van der Waals surface area contributed by atoms with E-state index in [4.69, 9.17) is 9.47 Å². The molecule has 0 saturated carbocycles. The summed E-state index contributed by atoms with van der Waals surface area (Å²) in [4.78, 5) is 45.0. The molecule has 4 atom stereocenters. The maximum Gasteiger partial charge on any atom is 0.240 e. The number of halogens is 1. The SMILES string of the molecule is O=C(c1ccc(Br)cc1)[C@@H]1[C@@H]2C(=O)N(c3ccc4c(c3)OCO4)C(=O)[C@H]2[C@@H]2c3ccccc3C=CN12. The third-order valence-corrected chi connectivity index (χ3v) is 8.00. The van der Waals surface area contributed by atoms with Gasteiger partial charge in [-0.25, -0.2) is 4.90 Å². The Kier molecular flexibility index (Phi) is 4.63. The molecule has 8 heteroatoms. The van der Waals surface area contributed by atoms with Crippen LogP contribution in [0.3, 0.4) is 0 Å². The molecule has 0 radical (unpaired) electrons. The second-order valence-electron chi connectivity index (χ2n) is 9.25. The number of hydrogen-bond donors (Lipinski definition) is 0. The second kappa shape index (κ2) is 7.80. The van der Waals surface area contributed by atoms with Crippen molar-refractivity contribution in [2.45, 2.75) is 12.1 Å². The zero-order valence-corrected chi connectivity index (χ0v) is 20.4. The van der Waals surface area contributed by atoms with Crippen molar-refractivity contribution < 1.29 is 23.9 Å². The van der Waals surface area contributed by atoms with Gasteiger partial charge in [0.2, 0.25) is 18.6 Å². The Morgan fingerprint density at radius 2 is 1.64 bits per heavy atom. The lowest BCUT2D eigenvalue weighted by Gasteiger charge is -2.35. The van der Waals surface area contributed by atoms with Crippen LogP contribution in [-0.4, -0.2) is 35.3 Å². The fourth-order valence-corrected chi connectivity index (χ4v) is 6.19. The van der Waals surface area contributed by atoms with Gasteiger partial charge in [0.25, 0.3) is 0 Å². The third kappa shape index (κ3) is 2.94. The minimum absolute atomic E-state index is 0.0931. The van der Waals surface area contributed by atoms with Gasteiger partial charge in [-0.3, -0.25) is 14.4 Å². The molecule has 0 unspecified atom stereocenters. The quantitative estimate of drug-likeness (QED) is 0.356. The van der Waals surface area contributed by atoms with Crippen LogP contribution in [0.4, 0.5) is 5.69 Å². The van der Waals surface area contributed by atoms with E-state index in [0.717, 1.165) is 15.6 Å². The number of nitrogens with zero attached hydrogens (tertiary/aromatic N) is 2. The van der Waals surface area contributed by atoms with E-state index >= 15 is 0 Å². The number of anilines is 1. The van der Waals surface area contributed by atoms with Crippen LogP contribution in [0.1, 0.15) is 27.5 Å². The number of amides is 2. The van der Waals surface area contributed by atoms with Crippen LogP contribution < -0.4 is 14.4 Å². The van der Waals surface area contributed by atoms with E-state index in [-0.39, 0.29) is 24.4 Å². The molecular weight excluding hydrogens is 524 g/mol. The molecule has 2 fully saturated rings. The molecule has 7 rings (SSSR count). The van der Waals surface area contributed by atoms with Crippen LogP contribution in [0.25, 0.3) is 6.08 Å². The number of imide groups is 1. The van der Waals surface area contributed by atoms with Gasteiger partial charge in [0.1, 0.15) is 6.04 Å². The first kappa shape index (κ1) is 21.4. The van der Waals surface area contributed by atoms with Gasteiger partial charge in [-0.1, -0.05) is 52.3 Å². The normalized spacial score (nSPS) is 25.1. The molecule has 4 aliphatic heterocycles. The Labute approximate surface area is 215 Å². The summed E-state index contributed by atoms with van der Waals surface area (Å²) in [6.45, 7) is 0.0931. The predicted octanol–water partition coefficient (Wildman–Crippen LogP) is 4.58. The highest BCUT2D eigenvalue weighted by Crippen LogP contribution is 2.54. The van der Waals surface area contributed by atoms with E-state index in [2.05, 4.69) is 15.9 Å². The van der Waals surface area contributed by atoms with Crippen molar-refractivity contribution in [1.29, 1.82) is 0 Å². The van der Waals surface area contributed by atoms with Crippen molar-refractivity contribution in [3.63, 3.8) is 0 Å². The van der Waals surface area contributed by atoms with E-state index in [1.807, 2.05) is 41.4 Å². The molecule has 3 aromatic rings. The Morgan fingerprint density at radius 3 is 2.47 bits per heavy atom. The molecule has 3 aromatic carbocycles. The van der Waals surface area contributed by atoms with Gasteiger partial charge >= 0.3 is 0 Å². The predicted molar refractivity (Wildman–Crippen MR) is 134 cm³/mol. The van der Waals surface area contributed by atoms with Crippen molar-refractivity contribution in [2.24, 2.45) is 11.8 Å². The number of ether oxygens (including phenoxy) is 2. The minimum atomic E-state index is -0.820. The van der Waals surface area contributed by atoms with E-state index < -0.39 is 23.9 Å². The zero-order valence-electron chi connectivity index (χ0n) is 18.8. The van der Waals surface area contributed by atoms with E-state index in [1.54, 1.807) is 42.5 Å². The molecule has 0 N–H and O–H groups in total. The highest BCUT2D eigenvalue weighted by molar-refractivity contribution is 9.10. The Balaban J connectivity index is 1.36. The maximum absolute atomic E-state index is 14.0. The number of rotatable bonds is 3. The van der Waals surface area contributed by atoms with Crippen molar-refractivity contribution in [1.82, 2.24) is 4.90 Å². The molecule has 0 spiro atoms. The van der Waals surface area contributed by atoms with Crippen molar-refractivity contribution in [3.8, 4) is 11.5 Å². The molecule has 4 heterocycles. The lowest BCUT2D eigenvalue weighted by Crippen LogP contribution is -2.44. The number of carbonyl (C=O) groups is 3. The number of benzene rings is 3. The molecule has 2 saturated heterocycles. The summed E-state index contributed by atoms with van der Waals surface area (Å²) in [5.41, 5.74) is 2.84. The van der Waals surface area contributed by atoms with Crippen LogP contribution in [-0.2, 0) is 9.59 Å². The number of fused-ring (bicyclic) bond motifs is 6. The highest BCUT2D eigenvalue weighted by atomic mass is 79.9. The maximum atomic E-state index is 14.0. The Bertz CT molecular complexity index is 1480. The van der Waals surface area contributed by atoms with Gasteiger partial charge in [-0.2, -0.15) is 0 Å². The van der Waals surface area contributed by atoms with E-state index in [9.17, 15) is 14.4 Å². The van der Waals surface area contributed by atoms with E-state index in [1.165, 1.54) is 4.90 Å². The lowest BCUT2D eigenvalue weighted by molar-refractivity contribution is -0.123. The summed E-state index contributed by atoms with van der Waals surface area (Å²) >= 11 is 3.41. The van der Waals surface area contributed by atoms with Gasteiger partial charge in [0, 0.05) is 22.3 Å². The molecule has 4 aliphatic rings. The number of carbonyl (C=O) groups excluding carboxylic acids is 3. The van der Waals surface area contributed by atoms with Crippen molar-refractivity contribution in [3.05, 3.63) is 94.1 Å². The highest BCUT2D eigenvalue weighted by Gasteiger charge is 2.64. The molecule has 7 nitrogen and oxygen atoms in total. The Morgan fingerprint density at radius 1 is 0.889 bits per heavy atom. The molecule has 178 valence electrons. The van der Waals surface area contributed by atoms with Crippen LogP contribution in [0.2, 0.25) is 0 Å². The van der Waals surface area contributed by atoms with Crippen LogP contribution in [0, 0.1) is 11.8 Å². The van der Waals surface area contributed by atoms with Gasteiger partial charge in [0.15, 0.2) is 17.3 Å². The summed E-state index contributed by atoms with van der Waals surface area (Å²) in [7, 11) is 0. The van der Waals surface area contributed by atoms with Gasteiger partial charge in [0.05, 0.1) is 23.6 Å². The fraction of sp³-hybridized carbons (Fsp3) is 0.179. The van der Waals surface area contributed by atoms with Crippen molar-refractivity contribution in [2.75, 3.05) is 11.7 Å². The smallest absolute Gasteiger partial charge is 0.240 e. The zero-order chi connectivity index (χ0) is 24.6. The largest absolute Gasteiger partial charge is 0.454 e. The standard InChI is InChI=1S/C28H19BrN2O5/c29-17-7-5-16(6-8-17)26(32)25-23-22(24-19-4-2-1-3-15(19)11-12-30(24)25)27(33)31(28(23)34)18-9-10-20-21(13-18)36-14-35-20/h1-13,22-25H,14H2/t22-,23-,24+,25+/m1/s1. The average Bonchev–Trinajstić information content (AvgIpc) is 3.57. The molecule has 0 aliphatic carbocycles. The average molecular weight is 543 g/mol. The van der Waals surface area contributed by atoms with Crippen LogP contribution in [0.5, 0.6) is 11.5 Å². The summed E-state index contributed by atoms with van der Waals surface area (Å²) in [6, 6.07) is 18.7.